The molecule has 0 aliphatic carbocycles. The molecule has 2 heterocycles. The second kappa shape index (κ2) is 4.21. The van der Waals surface area contributed by atoms with Gasteiger partial charge < -0.3 is 5.73 Å². The van der Waals surface area contributed by atoms with Gasteiger partial charge in [-0.05, 0) is 18.6 Å². The van der Waals surface area contributed by atoms with Crippen molar-refractivity contribution in [3.05, 3.63) is 30.1 Å². The van der Waals surface area contributed by atoms with Gasteiger partial charge in [-0.3, -0.25) is 4.98 Å². The fraction of sp³-hybridized carbons (Fsp3) is 0.364. The van der Waals surface area contributed by atoms with E-state index < -0.39 is 0 Å². The van der Waals surface area contributed by atoms with Gasteiger partial charge in [0, 0.05) is 30.3 Å². The smallest absolute Gasteiger partial charge is 0.123 e. The first-order chi connectivity index (χ1) is 7.31. The van der Waals surface area contributed by atoms with Crippen molar-refractivity contribution < 1.29 is 0 Å². The van der Waals surface area contributed by atoms with Crippen molar-refractivity contribution in [2.24, 2.45) is 21.9 Å². The molecular weight excluding hydrogens is 188 g/mol. The molecule has 0 aromatic carbocycles. The number of rotatable bonds is 2. The SMILES string of the molecule is CCC1CC(N)=NN=C1c1ccncc1. The van der Waals surface area contributed by atoms with Gasteiger partial charge in [-0.25, -0.2) is 0 Å². The minimum Gasteiger partial charge on any atom is -0.386 e. The van der Waals surface area contributed by atoms with Crippen LogP contribution in [0.4, 0.5) is 0 Å². The lowest BCUT2D eigenvalue weighted by atomic mass is 9.91. The lowest BCUT2D eigenvalue weighted by molar-refractivity contribution is 0.677. The number of amidine groups is 1. The molecule has 1 aromatic rings. The summed E-state index contributed by atoms with van der Waals surface area (Å²) in [5.41, 5.74) is 7.78. The van der Waals surface area contributed by atoms with Crippen LogP contribution in [0.15, 0.2) is 34.7 Å². The number of aromatic nitrogens is 1. The summed E-state index contributed by atoms with van der Waals surface area (Å²) < 4.78 is 0. The summed E-state index contributed by atoms with van der Waals surface area (Å²) in [5, 5.41) is 8.13. The molecule has 4 nitrogen and oxygen atoms in total. The Balaban J connectivity index is 2.35. The Bertz CT molecular complexity index is 394. The molecule has 1 atom stereocenters. The predicted molar refractivity (Wildman–Crippen MR) is 60.8 cm³/mol. The molecule has 0 spiro atoms. The zero-order valence-electron chi connectivity index (χ0n) is 8.72. The highest BCUT2D eigenvalue weighted by Crippen LogP contribution is 2.20. The molecule has 0 radical (unpaired) electrons. The van der Waals surface area contributed by atoms with E-state index in [9.17, 15) is 0 Å². The van der Waals surface area contributed by atoms with Crippen LogP contribution in [0.1, 0.15) is 25.3 Å². The molecule has 0 amide bonds. The standard InChI is InChI=1S/C11H14N4/c1-2-8-7-10(12)14-15-11(8)9-3-5-13-6-4-9/h3-6,8H,2,7H2,1H3,(H2,12,14). The predicted octanol–water partition coefficient (Wildman–Crippen LogP) is 1.57. The lowest BCUT2D eigenvalue weighted by Gasteiger charge is -2.19. The number of hydrogen-bond donors (Lipinski definition) is 1. The van der Waals surface area contributed by atoms with Crippen molar-refractivity contribution in [2.45, 2.75) is 19.8 Å². The van der Waals surface area contributed by atoms with Crippen LogP contribution in [-0.2, 0) is 0 Å². The van der Waals surface area contributed by atoms with Gasteiger partial charge in [-0.2, -0.15) is 5.10 Å². The highest BCUT2D eigenvalue weighted by molar-refractivity contribution is 6.05. The zero-order chi connectivity index (χ0) is 10.7. The first-order valence-corrected chi connectivity index (χ1v) is 5.11. The Labute approximate surface area is 88.9 Å². The number of pyridine rings is 1. The summed E-state index contributed by atoms with van der Waals surface area (Å²) in [5.74, 6) is 1.00. The maximum absolute atomic E-state index is 5.67. The molecule has 2 rings (SSSR count). The van der Waals surface area contributed by atoms with Gasteiger partial charge >= 0.3 is 0 Å². The van der Waals surface area contributed by atoms with E-state index in [0.717, 1.165) is 24.1 Å². The van der Waals surface area contributed by atoms with Crippen molar-refractivity contribution >= 4 is 11.5 Å². The molecule has 0 saturated carbocycles. The zero-order valence-corrected chi connectivity index (χ0v) is 8.72. The topological polar surface area (TPSA) is 63.6 Å². The van der Waals surface area contributed by atoms with Gasteiger partial charge in [0.15, 0.2) is 0 Å². The fourth-order valence-electron chi connectivity index (χ4n) is 1.74. The van der Waals surface area contributed by atoms with Crippen molar-refractivity contribution in [1.82, 2.24) is 4.98 Å². The molecule has 1 aliphatic heterocycles. The van der Waals surface area contributed by atoms with Crippen molar-refractivity contribution in [3.63, 3.8) is 0 Å². The van der Waals surface area contributed by atoms with Crippen LogP contribution in [0.3, 0.4) is 0 Å². The summed E-state index contributed by atoms with van der Waals surface area (Å²) in [6.45, 7) is 2.14. The van der Waals surface area contributed by atoms with Gasteiger partial charge in [-0.15, -0.1) is 5.10 Å². The third kappa shape index (κ3) is 2.03. The Kier molecular flexibility index (Phi) is 2.76. The second-order valence-corrected chi connectivity index (χ2v) is 3.62. The van der Waals surface area contributed by atoms with Gasteiger partial charge in [0.1, 0.15) is 5.84 Å². The Morgan fingerprint density at radius 3 is 2.73 bits per heavy atom. The molecule has 0 fully saturated rings. The third-order valence-electron chi connectivity index (χ3n) is 2.60. The summed E-state index contributed by atoms with van der Waals surface area (Å²) >= 11 is 0. The fourth-order valence-corrected chi connectivity index (χ4v) is 1.74. The first-order valence-electron chi connectivity index (χ1n) is 5.11. The highest BCUT2D eigenvalue weighted by atomic mass is 15.2. The summed E-state index contributed by atoms with van der Waals surface area (Å²) in [7, 11) is 0. The molecular formula is C11H14N4. The number of nitrogens with two attached hydrogens (primary N) is 1. The first kappa shape index (κ1) is 9.83. The van der Waals surface area contributed by atoms with Gasteiger partial charge in [-0.1, -0.05) is 6.92 Å². The Hall–Kier alpha value is -1.71. The maximum Gasteiger partial charge on any atom is 0.123 e. The van der Waals surface area contributed by atoms with E-state index in [4.69, 9.17) is 5.73 Å². The van der Waals surface area contributed by atoms with Crippen LogP contribution in [-0.4, -0.2) is 16.5 Å². The van der Waals surface area contributed by atoms with E-state index >= 15 is 0 Å². The van der Waals surface area contributed by atoms with Crippen LogP contribution >= 0.6 is 0 Å². The molecule has 1 unspecified atom stereocenters. The molecule has 0 saturated heterocycles. The second-order valence-electron chi connectivity index (χ2n) is 3.62. The quantitative estimate of drug-likeness (QED) is 0.791. The van der Waals surface area contributed by atoms with E-state index in [2.05, 4.69) is 22.1 Å². The average Bonchev–Trinajstić information content (AvgIpc) is 2.30. The van der Waals surface area contributed by atoms with E-state index in [1.807, 2.05) is 12.1 Å². The van der Waals surface area contributed by atoms with Crippen LogP contribution < -0.4 is 5.73 Å². The van der Waals surface area contributed by atoms with E-state index in [1.54, 1.807) is 12.4 Å². The molecule has 1 aromatic heterocycles. The lowest BCUT2D eigenvalue weighted by Crippen LogP contribution is -2.26. The number of nitrogens with zero attached hydrogens (tertiary/aromatic N) is 3. The molecule has 4 heteroatoms. The summed E-state index contributed by atoms with van der Waals surface area (Å²) in [6.07, 6.45) is 5.37. The molecule has 15 heavy (non-hydrogen) atoms. The minimum absolute atomic E-state index is 0.380. The number of hydrogen-bond acceptors (Lipinski definition) is 4. The van der Waals surface area contributed by atoms with Crippen LogP contribution in [0.25, 0.3) is 0 Å². The Morgan fingerprint density at radius 1 is 1.33 bits per heavy atom. The normalized spacial score (nSPS) is 20.7. The average molecular weight is 202 g/mol. The largest absolute Gasteiger partial charge is 0.386 e. The van der Waals surface area contributed by atoms with Gasteiger partial charge in [0.25, 0.3) is 0 Å². The van der Waals surface area contributed by atoms with E-state index in [-0.39, 0.29) is 0 Å². The molecule has 2 N–H and O–H groups in total. The molecule has 78 valence electrons. The van der Waals surface area contributed by atoms with Crippen molar-refractivity contribution in [2.75, 3.05) is 0 Å². The Morgan fingerprint density at radius 2 is 2.07 bits per heavy atom. The van der Waals surface area contributed by atoms with E-state index in [1.165, 1.54) is 0 Å². The molecule has 1 aliphatic rings. The summed E-state index contributed by atoms with van der Waals surface area (Å²) in [6, 6.07) is 3.91. The third-order valence-corrected chi connectivity index (χ3v) is 2.60. The van der Waals surface area contributed by atoms with Crippen LogP contribution in [0.5, 0.6) is 0 Å². The monoisotopic (exact) mass is 202 g/mol. The van der Waals surface area contributed by atoms with Gasteiger partial charge in [0.2, 0.25) is 0 Å². The van der Waals surface area contributed by atoms with E-state index in [0.29, 0.717) is 11.8 Å². The van der Waals surface area contributed by atoms with Crippen LogP contribution in [0.2, 0.25) is 0 Å². The maximum atomic E-state index is 5.67. The van der Waals surface area contributed by atoms with Crippen LogP contribution in [0, 0.1) is 5.92 Å². The van der Waals surface area contributed by atoms with Gasteiger partial charge in [0.05, 0.1) is 5.71 Å². The molecule has 0 bridgehead atoms. The minimum atomic E-state index is 0.380. The summed E-state index contributed by atoms with van der Waals surface area (Å²) in [4.78, 5) is 3.99. The van der Waals surface area contributed by atoms with Crippen molar-refractivity contribution in [1.29, 1.82) is 0 Å². The highest BCUT2D eigenvalue weighted by Gasteiger charge is 2.20. The van der Waals surface area contributed by atoms with Crippen molar-refractivity contribution in [3.8, 4) is 0 Å².